The zero-order valence-corrected chi connectivity index (χ0v) is 9.83. The Morgan fingerprint density at radius 3 is 2.73 bits per heavy atom. The van der Waals surface area contributed by atoms with Crippen LogP contribution in [0.5, 0.6) is 0 Å². The highest BCUT2D eigenvalue weighted by Gasteiger charge is 2.32. The fourth-order valence-corrected chi connectivity index (χ4v) is 2.83. The van der Waals surface area contributed by atoms with E-state index in [0.29, 0.717) is 11.9 Å². The molecule has 2 aliphatic heterocycles. The molecule has 15 heavy (non-hydrogen) atoms. The van der Waals surface area contributed by atoms with Crippen molar-refractivity contribution in [3.8, 4) is 0 Å². The van der Waals surface area contributed by atoms with E-state index in [-0.39, 0.29) is 6.04 Å². The Balaban J connectivity index is 1.94. The van der Waals surface area contributed by atoms with Crippen LogP contribution in [0.15, 0.2) is 0 Å². The molecule has 3 nitrogen and oxygen atoms in total. The highest BCUT2D eigenvalue weighted by Crippen LogP contribution is 2.23. The lowest BCUT2D eigenvalue weighted by molar-refractivity contribution is -0.136. The average Bonchev–Trinajstić information content (AvgIpc) is 2.69. The maximum Gasteiger partial charge on any atom is 0.239 e. The Labute approximate surface area is 92.2 Å². The largest absolute Gasteiger partial charge is 0.339 e. The number of hydrogen-bond donors (Lipinski definition) is 1. The molecule has 0 aromatic carbocycles. The van der Waals surface area contributed by atoms with Gasteiger partial charge in [-0.05, 0) is 45.1 Å². The number of nitrogens with one attached hydrogen (secondary N) is 1. The van der Waals surface area contributed by atoms with Gasteiger partial charge in [-0.1, -0.05) is 6.92 Å². The summed E-state index contributed by atoms with van der Waals surface area (Å²) in [5, 5.41) is 3.29. The molecule has 2 rings (SSSR count). The second kappa shape index (κ2) is 4.52. The molecule has 2 aliphatic rings. The lowest BCUT2D eigenvalue weighted by atomic mass is 9.93. The number of piperidine rings is 1. The first-order valence-electron chi connectivity index (χ1n) is 6.22. The van der Waals surface area contributed by atoms with Crippen LogP contribution in [0.4, 0.5) is 0 Å². The Kier molecular flexibility index (Phi) is 3.29. The van der Waals surface area contributed by atoms with Gasteiger partial charge in [0, 0.05) is 12.6 Å². The summed E-state index contributed by atoms with van der Waals surface area (Å²) >= 11 is 0. The monoisotopic (exact) mass is 210 g/mol. The van der Waals surface area contributed by atoms with Gasteiger partial charge in [-0.25, -0.2) is 0 Å². The fourth-order valence-electron chi connectivity index (χ4n) is 2.83. The molecule has 2 saturated heterocycles. The van der Waals surface area contributed by atoms with Crippen LogP contribution in [0.25, 0.3) is 0 Å². The van der Waals surface area contributed by atoms with Crippen molar-refractivity contribution >= 4 is 5.91 Å². The van der Waals surface area contributed by atoms with E-state index in [4.69, 9.17) is 0 Å². The maximum atomic E-state index is 12.2. The molecular weight excluding hydrogens is 188 g/mol. The minimum atomic E-state index is 0.112. The first kappa shape index (κ1) is 10.9. The molecule has 2 heterocycles. The van der Waals surface area contributed by atoms with Crippen LogP contribution < -0.4 is 5.32 Å². The van der Waals surface area contributed by atoms with Crippen molar-refractivity contribution < 1.29 is 4.79 Å². The number of nitrogens with zero attached hydrogens (tertiary/aromatic N) is 1. The summed E-state index contributed by atoms with van der Waals surface area (Å²) in [6.45, 7) is 6.43. The predicted octanol–water partition coefficient (Wildman–Crippen LogP) is 1.39. The highest BCUT2D eigenvalue weighted by molar-refractivity contribution is 5.82. The summed E-state index contributed by atoms with van der Waals surface area (Å²) in [7, 11) is 0. The van der Waals surface area contributed by atoms with E-state index in [0.717, 1.165) is 31.8 Å². The molecule has 1 N–H and O–H groups in total. The summed E-state index contributed by atoms with van der Waals surface area (Å²) in [5.74, 6) is 1.12. The van der Waals surface area contributed by atoms with Gasteiger partial charge in [0.05, 0.1) is 6.04 Å². The lowest BCUT2D eigenvalue weighted by Crippen LogP contribution is -2.50. The van der Waals surface area contributed by atoms with E-state index in [1.165, 1.54) is 12.8 Å². The zero-order valence-electron chi connectivity index (χ0n) is 9.83. The first-order valence-corrected chi connectivity index (χ1v) is 6.22. The Bertz CT molecular complexity index is 236. The van der Waals surface area contributed by atoms with Crippen molar-refractivity contribution in [1.82, 2.24) is 10.2 Å². The van der Waals surface area contributed by atoms with E-state index in [1.54, 1.807) is 0 Å². The molecule has 1 amide bonds. The van der Waals surface area contributed by atoms with Gasteiger partial charge in [0.25, 0.3) is 0 Å². The van der Waals surface area contributed by atoms with Crippen LogP contribution in [0, 0.1) is 5.92 Å². The third-order valence-corrected chi connectivity index (χ3v) is 3.78. The Morgan fingerprint density at radius 2 is 2.13 bits per heavy atom. The minimum absolute atomic E-state index is 0.112. The number of likely N-dealkylation sites (tertiary alicyclic amines) is 1. The average molecular weight is 210 g/mol. The molecule has 86 valence electrons. The van der Waals surface area contributed by atoms with E-state index >= 15 is 0 Å². The molecule has 3 atom stereocenters. The van der Waals surface area contributed by atoms with E-state index in [1.807, 2.05) is 0 Å². The van der Waals surface area contributed by atoms with Crippen LogP contribution in [-0.2, 0) is 4.79 Å². The van der Waals surface area contributed by atoms with Crippen molar-refractivity contribution in [2.45, 2.75) is 51.6 Å². The van der Waals surface area contributed by atoms with Gasteiger partial charge in [0.1, 0.15) is 0 Å². The van der Waals surface area contributed by atoms with Crippen LogP contribution in [0.1, 0.15) is 39.5 Å². The van der Waals surface area contributed by atoms with E-state index in [9.17, 15) is 4.79 Å². The second-order valence-electron chi connectivity index (χ2n) is 5.16. The standard InChI is InChI=1S/C12H22N2O/c1-9-5-7-14(10(2)8-9)12(15)11-4-3-6-13-11/h9-11,13H,3-8H2,1-2H3/t9?,10?,11-/m0/s1. The topological polar surface area (TPSA) is 32.3 Å². The van der Waals surface area contributed by atoms with Gasteiger partial charge in [-0.2, -0.15) is 0 Å². The summed E-state index contributed by atoms with van der Waals surface area (Å²) < 4.78 is 0. The van der Waals surface area contributed by atoms with Gasteiger partial charge >= 0.3 is 0 Å². The second-order valence-corrected chi connectivity index (χ2v) is 5.16. The third kappa shape index (κ3) is 2.33. The molecule has 0 bridgehead atoms. The molecule has 2 unspecified atom stereocenters. The van der Waals surface area contributed by atoms with Crippen LogP contribution in [-0.4, -0.2) is 36.0 Å². The van der Waals surface area contributed by atoms with Gasteiger partial charge in [-0.3, -0.25) is 4.79 Å². The smallest absolute Gasteiger partial charge is 0.239 e. The number of amides is 1. The van der Waals surface area contributed by atoms with Crippen molar-refractivity contribution in [2.75, 3.05) is 13.1 Å². The number of rotatable bonds is 1. The van der Waals surface area contributed by atoms with E-state index < -0.39 is 0 Å². The molecule has 0 aromatic rings. The number of carbonyl (C=O) groups is 1. The Hall–Kier alpha value is -0.570. The summed E-state index contributed by atoms with van der Waals surface area (Å²) in [6.07, 6.45) is 4.51. The quantitative estimate of drug-likeness (QED) is 0.709. The van der Waals surface area contributed by atoms with Gasteiger partial charge in [-0.15, -0.1) is 0 Å². The summed E-state index contributed by atoms with van der Waals surface area (Å²) in [4.78, 5) is 14.3. The van der Waals surface area contributed by atoms with Crippen LogP contribution in [0.3, 0.4) is 0 Å². The normalized spacial score (nSPS) is 36.9. The van der Waals surface area contributed by atoms with Crippen molar-refractivity contribution in [3.05, 3.63) is 0 Å². The molecule has 3 heteroatoms. The molecule has 0 spiro atoms. The van der Waals surface area contributed by atoms with Gasteiger partial charge < -0.3 is 10.2 Å². The summed E-state index contributed by atoms with van der Waals surface area (Å²) in [6, 6.07) is 0.546. The molecular formula is C12H22N2O. The van der Waals surface area contributed by atoms with E-state index in [2.05, 4.69) is 24.1 Å². The van der Waals surface area contributed by atoms with Crippen molar-refractivity contribution in [2.24, 2.45) is 5.92 Å². The molecule has 0 radical (unpaired) electrons. The fraction of sp³-hybridized carbons (Fsp3) is 0.917. The van der Waals surface area contributed by atoms with Crippen molar-refractivity contribution in [1.29, 1.82) is 0 Å². The molecule has 0 aromatic heterocycles. The highest BCUT2D eigenvalue weighted by atomic mass is 16.2. The number of hydrogen-bond acceptors (Lipinski definition) is 2. The predicted molar refractivity (Wildman–Crippen MR) is 60.6 cm³/mol. The maximum absolute atomic E-state index is 12.2. The van der Waals surface area contributed by atoms with Crippen LogP contribution >= 0.6 is 0 Å². The summed E-state index contributed by atoms with van der Waals surface area (Å²) in [5.41, 5.74) is 0. The lowest BCUT2D eigenvalue weighted by Gasteiger charge is -2.38. The molecule has 2 fully saturated rings. The van der Waals surface area contributed by atoms with Crippen molar-refractivity contribution in [3.63, 3.8) is 0 Å². The van der Waals surface area contributed by atoms with Gasteiger partial charge in [0.2, 0.25) is 5.91 Å². The zero-order chi connectivity index (χ0) is 10.8. The third-order valence-electron chi connectivity index (χ3n) is 3.78. The number of carbonyl (C=O) groups excluding carboxylic acids is 1. The van der Waals surface area contributed by atoms with Gasteiger partial charge in [0.15, 0.2) is 0 Å². The Morgan fingerprint density at radius 1 is 1.33 bits per heavy atom. The molecule has 0 saturated carbocycles. The SMILES string of the molecule is CC1CCN(C(=O)[C@@H]2CCCN2)C(C)C1. The first-order chi connectivity index (χ1) is 7.18. The van der Waals surface area contributed by atoms with Crippen LogP contribution in [0.2, 0.25) is 0 Å². The minimum Gasteiger partial charge on any atom is -0.339 e. The molecule has 0 aliphatic carbocycles.